The normalized spacial score (nSPS) is 14.8. The maximum atomic E-state index is 11.8. The molecule has 0 spiro atoms. The van der Waals surface area contributed by atoms with Crippen LogP contribution in [0.1, 0.15) is 6.92 Å². The number of aromatic nitrogens is 1. The van der Waals surface area contributed by atoms with Gasteiger partial charge in [0.2, 0.25) is 0 Å². The van der Waals surface area contributed by atoms with E-state index in [0.29, 0.717) is 23.8 Å². The number of pyridine rings is 1. The van der Waals surface area contributed by atoms with E-state index in [1.165, 1.54) is 18.3 Å². The van der Waals surface area contributed by atoms with Gasteiger partial charge in [0.15, 0.2) is 16.9 Å². The summed E-state index contributed by atoms with van der Waals surface area (Å²) in [5.74, 6) is 0.399. The number of amides is 1. The van der Waals surface area contributed by atoms with Crippen molar-refractivity contribution < 1.29 is 19.3 Å². The van der Waals surface area contributed by atoms with Crippen LogP contribution in [0.5, 0.6) is 5.75 Å². The van der Waals surface area contributed by atoms with E-state index in [2.05, 4.69) is 10.3 Å². The van der Waals surface area contributed by atoms with Gasteiger partial charge < -0.3 is 15.0 Å². The SMILES string of the molecule is CCO[N+](=O)c1ccc(OC(=O)N2CCNCC2)cn1. The Labute approximate surface area is 116 Å². The number of nitrogens with one attached hydrogen (secondary N) is 1. The molecule has 8 heteroatoms. The number of piperazine rings is 1. The largest absolute Gasteiger partial charge is 0.415 e. The summed E-state index contributed by atoms with van der Waals surface area (Å²) in [5, 5.41) is 3.15. The summed E-state index contributed by atoms with van der Waals surface area (Å²) in [6.07, 6.45) is 0.907. The summed E-state index contributed by atoms with van der Waals surface area (Å²) in [7, 11) is 0. The fourth-order valence-electron chi connectivity index (χ4n) is 1.74. The lowest BCUT2D eigenvalue weighted by Crippen LogP contribution is -2.47. The van der Waals surface area contributed by atoms with E-state index in [-0.39, 0.29) is 12.4 Å². The Morgan fingerprint density at radius 2 is 2.20 bits per heavy atom. The third-order valence-electron chi connectivity index (χ3n) is 2.73. The summed E-state index contributed by atoms with van der Waals surface area (Å²) in [5.41, 5.74) is 0. The second-order valence-corrected chi connectivity index (χ2v) is 4.13. The van der Waals surface area contributed by atoms with E-state index in [1.54, 1.807) is 11.8 Å². The minimum Gasteiger partial charge on any atom is -0.406 e. The van der Waals surface area contributed by atoms with Gasteiger partial charge in [0.05, 0.1) is 0 Å². The van der Waals surface area contributed by atoms with Gasteiger partial charge in [0, 0.05) is 32.2 Å². The van der Waals surface area contributed by atoms with Gasteiger partial charge in [0.1, 0.15) is 6.61 Å². The molecule has 2 heterocycles. The third kappa shape index (κ3) is 3.64. The monoisotopic (exact) mass is 281 g/mol. The van der Waals surface area contributed by atoms with Gasteiger partial charge in [-0.15, -0.1) is 0 Å². The summed E-state index contributed by atoms with van der Waals surface area (Å²) in [4.78, 5) is 33.7. The van der Waals surface area contributed by atoms with Crippen molar-refractivity contribution in [2.45, 2.75) is 6.92 Å². The molecule has 1 aliphatic rings. The van der Waals surface area contributed by atoms with Crippen molar-refractivity contribution in [3.05, 3.63) is 23.2 Å². The molecule has 0 saturated carbocycles. The average molecular weight is 281 g/mol. The fourth-order valence-corrected chi connectivity index (χ4v) is 1.74. The van der Waals surface area contributed by atoms with Crippen LogP contribution in [0.4, 0.5) is 10.6 Å². The molecule has 20 heavy (non-hydrogen) atoms. The molecule has 2 rings (SSSR count). The molecule has 0 unspecified atom stereocenters. The molecule has 108 valence electrons. The van der Waals surface area contributed by atoms with Crippen molar-refractivity contribution in [1.29, 1.82) is 0 Å². The van der Waals surface area contributed by atoms with Crippen LogP contribution in [-0.4, -0.2) is 53.7 Å². The highest BCUT2D eigenvalue weighted by atomic mass is 16.8. The minimum absolute atomic E-state index is 0.105. The molecule has 1 aliphatic heterocycles. The maximum Gasteiger partial charge on any atom is 0.415 e. The molecule has 8 nitrogen and oxygen atoms in total. The van der Waals surface area contributed by atoms with Crippen LogP contribution in [0, 0.1) is 4.91 Å². The van der Waals surface area contributed by atoms with Gasteiger partial charge in [-0.25, -0.2) is 4.79 Å². The van der Waals surface area contributed by atoms with Gasteiger partial charge >= 0.3 is 11.9 Å². The predicted molar refractivity (Wildman–Crippen MR) is 69.6 cm³/mol. The number of carbonyl (C=O) groups is 1. The Kier molecular flexibility index (Phi) is 4.83. The van der Waals surface area contributed by atoms with Crippen LogP contribution in [0.2, 0.25) is 0 Å². The average Bonchev–Trinajstić information content (AvgIpc) is 2.49. The Bertz CT molecular complexity index is 471. The van der Waals surface area contributed by atoms with Crippen molar-refractivity contribution in [2.24, 2.45) is 0 Å². The number of nitrogens with zero attached hydrogens (tertiary/aromatic N) is 3. The van der Waals surface area contributed by atoms with E-state index in [9.17, 15) is 9.70 Å². The van der Waals surface area contributed by atoms with E-state index >= 15 is 0 Å². The van der Waals surface area contributed by atoms with Gasteiger partial charge in [-0.05, 0) is 22.9 Å². The molecule has 0 atom stereocenters. The van der Waals surface area contributed by atoms with Gasteiger partial charge in [-0.2, -0.15) is 0 Å². The fraction of sp³-hybridized carbons (Fsp3) is 0.500. The quantitative estimate of drug-likeness (QED) is 0.824. The van der Waals surface area contributed by atoms with Gasteiger partial charge in [0.25, 0.3) is 0 Å². The standard InChI is InChI=1S/C12H17N4O4/c1-2-19-16(18)11-4-3-10(9-14-11)20-12(17)15-7-5-13-6-8-15/h3-4,9,13H,2,5-8H2,1H3/q+1. The molecular formula is C12H17N4O4+. The summed E-state index contributed by atoms with van der Waals surface area (Å²) in [6, 6.07) is 2.94. The second kappa shape index (κ2) is 6.80. The zero-order valence-electron chi connectivity index (χ0n) is 11.2. The third-order valence-corrected chi connectivity index (χ3v) is 2.73. The number of hydrogen-bond donors (Lipinski definition) is 1. The van der Waals surface area contributed by atoms with Gasteiger partial charge in [-0.1, -0.05) is 0 Å². The lowest BCUT2D eigenvalue weighted by Gasteiger charge is -2.26. The molecule has 0 bridgehead atoms. The van der Waals surface area contributed by atoms with Crippen molar-refractivity contribution in [3.63, 3.8) is 0 Å². The maximum absolute atomic E-state index is 11.8. The zero-order valence-corrected chi connectivity index (χ0v) is 11.2. The van der Waals surface area contributed by atoms with Crippen LogP contribution >= 0.6 is 0 Å². The van der Waals surface area contributed by atoms with Crippen LogP contribution in [0.15, 0.2) is 18.3 Å². The molecule has 1 aromatic rings. The predicted octanol–water partition coefficient (Wildman–Crippen LogP) is 0.847. The number of carbonyl (C=O) groups excluding carboxylic acids is 1. The molecule has 1 amide bonds. The van der Waals surface area contributed by atoms with Crippen LogP contribution in [-0.2, 0) is 4.84 Å². The highest BCUT2D eigenvalue weighted by Gasteiger charge is 2.20. The lowest BCUT2D eigenvalue weighted by molar-refractivity contribution is -0.746. The number of ether oxygens (including phenoxy) is 1. The number of rotatable bonds is 4. The second-order valence-electron chi connectivity index (χ2n) is 4.13. The first-order valence-electron chi connectivity index (χ1n) is 6.44. The molecule has 1 N–H and O–H groups in total. The van der Waals surface area contributed by atoms with Crippen molar-refractivity contribution in [2.75, 3.05) is 32.8 Å². The van der Waals surface area contributed by atoms with E-state index in [4.69, 9.17) is 9.57 Å². The van der Waals surface area contributed by atoms with Crippen molar-refractivity contribution >= 4 is 11.9 Å². The van der Waals surface area contributed by atoms with Crippen LogP contribution in [0.3, 0.4) is 0 Å². The Balaban J connectivity index is 1.92. The smallest absolute Gasteiger partial charge is 0.406 e. The topological polar surface area (TPSA) is 83.8 Å². The zero-order chi connectivity index (χ0) is 14.4. The summed E-state index contributed by atoms with van der Waals surface area (Å²) < 4.78 is 5.18. The summed E-state index contributed by atoms with van der Waals surface area (Å²) >= 11 is 0. The molecule has 0 aromatic carbocycles. The van der Waals surface area contributed by atoms with E-state index in [0.717, 1.165) is 13.1 Å². The molecule has 1 saturated heterocycles. The molecular weight excluding hydrogens is 264 g/mol. The molecule has 1 aromatic heterocycles. The minimum atomic E-state index is -0.412. The van der Waals surface area contributed by atoms with Crippen LogP contribution in [0.25, 0.3) is 0 Å². The van der Waals surface area contributed by atoms with Crippen molar-refractivity contribution in [3.8, 4) is 5.75 Å². The van der Waals surface area contributed by atoms with Gasteiger partial charge in [-0.3, -0.25) is 4.84 Å². The van der Waals surface area contributed by atoms with Crippen molar-refractivity contribution in [1.82, 2.24) is 15.2 Å². The summed E-state index contributed by atoms with van der Waals surface area (Å²) in [6.45, 7) is 4.70. The highest BCUT2D eigenvalue weighted by Crippen LogP contribution is 2.15. The first-order valence-corrected chi connectivity index (χ1v) is 6.44. The molecule has 1 fully saturated rings. The first-order chi connectivity index (χ1) is 9.70. The Hall–Kier alpha value is -2.22. The van der Waals surface area contributed by atoms with E-state index in [1.807, 2.05) is 0 Å². The van der Waals surface area contributed by atoms with Crippen LogP contribution < -0.4 is 10.1 Å². The first kappa shape index (κ1) is 14.2. The Morgan fingerprint density at radius 1 is 1.45 bits per heavy atom. The van der Waals surface area contributed by atoms with E-state index < -0.39 is 6.09 Å². The number of hydrogen-bond acceptors (Lipinski definition) is 6. The highest BCUT2D eigenvalue weighted by molar-refractivity contribution is 5.70. The molecule has 0 aliphatic carbocycles. The Morgan fingerprint density at radius 3 is 2.80 bits per heavy atom. The molecule has 0 radical (unpaired) electrons. The lowest BCUT2D eigenvalue weighted by atomic mass is 10.4.